The minimum atomic E-state index is -3.39. The van der Waals surface area contributed by atoms with Gasteiger partial charge < -0.3 is 5.32 Å². The average Bonchev–Trinajstić information content (AvgIpc) is 2.49. The Morgan fingerprint density at radius 1 is 1.09 bits per heavy atom. The van der Waals surface area contributed by atoms with Crippen LogP contribution in [0.25, 0.3) is 0 Å². The summed E-state index contributed by atoms with van der Waals surface area (Å²) in [6.45, 7) is 3.78. The second-order valence-corrected chi connectivity index (χ2v) is 7.11. The van der Waals surface area contributed by atoms with Gasteiger partial charge in [0.25, 0.3) is 5.91 Å². The summed E-state index contributed by atoms with van der Waals surface area (Å²) < 4.78 is 25.2. The molecule has 6 heteroatoms. The third-order valence-corrected chi connectivity index (χ3v) is 4.08. The smallest absolute Gasteiger partial charge is 0.256 e. The molecule has 0 fully saturated rings. The van der Waals surface area contributed by atoms with Crippen molar-refractivity contribution in [2.24, 2.45) is 0 Å². The summed E-state index contributed by atoms with van der Waals surface area (Å²) in [5.74, 6) is -0.274. The Labute approximate surface area is 136 Å². The first-order chi connectivity index (χ1) is 10.8. The highest BCUT2D eigenvalue weighted by Crippen LogP contribution is 2.21. The number of carbonyl (C=O) groups is 1. The number of anilines is 2. The van der Waals surface area contributed by atoms with Crippen LogP contribution in [0.1, 0.15) is 28.4 Å². The van der Waals surface area contributed by atoms with Crippen LogP contribution < -0.4 is 10.0 Å². The Kier molecular flexibility index (Phi) is 5.05. The van der Waals surface area contributed by atoms with E-state index in [1.54, 1.807) is 25.1 Å². The fraction of sp³-hybridized carbons (Fsp3) is 0.235. The van der Waals surface area contributed by atoms with Crippen molar-refractivity contribution < 1.29 is 13.2 Å². The fourth-order valence-corrected chi connectivity index (χ4v) is 2.83. The van der Waals surface area contributed by atoms with Crippen LogP contribution in [0.4, 0.5) is 11.4 Å². The van der Waals surface area contributed by atoms with E-state index >= 15 is 0 Å². The summed E-state index contributed by atoms with van der Waals surface area (Å²) in [4.78, 5) is 12.4. The van der Waals surface area contributed by atoms with Gasteiger partial charge in [-0.25, -0.2) is 8.42 Å². The van der Waals surface area contributed by atoms with Crippen molar-refractivity contribution in [3.05, 3.63) is 59.2 Å². The summed E-state index contributed by atoms with van der Waals surface area (Å²) in [6, 6.07) is 12.6. The average molecular weight is 332 g/mol. The molecule has 0 aromatic heterocycles. The van der Waals surface area contributed by atoms with Crippen molar-refractivity contribution in [2.45, 2.75) is 20.3 Å². The molecular formula is C17H20N2O3S. The van der Waals surface area contributed by atoms with E-state index in [4.69, 9.17) is 0 Å². The van der Waals surface area contributed by atoms with Gasteiger partial charge in [-0.2, -0.15) is 0 Å². The summed E-state index contributed by atoms with van der Waals surface area (Å²) in [6.07, 6.45) is 2.01. The lowest BCUT2D eigenvalue weighted by Gasteiger charge is -2.12. The highest BCUT2D eigenvalue weighted by molar-refractivity contribution is 7.92. The largest absolute Gasteiger partial charge is 0.322 e. The summed E-state index contributed by atoms with van der Waals surface area (Å²) in [5, 5.41) is 2.82. The lowest BCUT2D eigenvalue weighted by atomic mass is 10.1. The van der Waals surface area contributed by atoms with Crippen LogP contribution in [-0.4, -0.2) is 20.6 Å². The number of amides is 1. The number of nitrogens with one attached hydrogen (secondary N) is 2. The van der Waals surface area contributed by atoms with Crippen LogP contribution in [0.3, 0.4) is 0 Å². The monoisotopic (exact) mass is 332 g/mol. The predicted octanol–water partition coefficient (Wildman–Crippen LogP) is 3.18. The minimum Gasteiger partial charge on any atom is -0.322 e. The Morgan fingerprint density at radius 3 is 2.30 bits per heavy atom. The number of hydrogen-bond acceptors (Lipinski definition) is 3. The van der Waals surface area contributed by atoms with Crippen molar-refractivity contribution in [3.8, 4) is 0 Å². The number of rotatable bonds is 5. The molecule has 122 valence electrons. The number of hydrogen-bond donors (Lipinski definition) is 2. The van der Waals surface area contributed by atoms with E-state index in [0.717, 1.165) is 12.7 Å². The molecule has 2 N–H and O–H groups in total. The van der Waals surface area contributed by atoms with Crippen molar-refractivity contribution >= 4 is 27.3 Å². The van der Waals surface area contributed by atoms with E-state index in [0.29, 0.717) is 22.5 Å². The topological polar surface area (TPSA) is 75.3 Å². The van der Waals surface area contributed by atoms with E-state index in [1.807, 2.05) is 24.3 Å². The molecule has 2 aromatic rings. The first-order valence-electron chi connectivity index (χ1n) is 7.28. The van der Waals surface area contributed by atoms with Crippen LogP contribution in [0.15, 0.2) is 42.5 Å². The highest BCUT2D eigenvalue weighted by atomic mass is 32.2. The first kappa shape index (κ1) is 17.0. The zero-order valence-electron chi connectivity index (χ0n) is 13.4. The third-order valence-electron chi connectivity index (χ3n) is 3.49. The molecule has 5 nitrogen and oxygen atoms in total. The minimum absolute atomic E-state index is 0.274. The van der Waals surface area contributed by atoms with Crippen molar-refractivity contribution in [1.82, 2.24) is 0 Å². The maximum atomic E-state index is 12.4. The SMILES string of the molecule is CCc1ccc(NC(=O)c2cccc(NS(C)(=O)=O)c2C)cc1. The van der Waals surface area contributed by atoms with Gasteiger partial charge >= 0.3 is 0 Å². The van der Waals surface area contributed by atoms with E-state index in [2.05, 4.69) is 17.0 Å². The molecule has 1 amide bonds. The first-order valence-corrected chi connectivity index (χ1v) is 9.17. The van der Waals surface area contributed by atoms with Crippen molar-refractivity contribution in [1.29, 1.82) is 0 Å². The normalized spacial score (nSPS) is 11.1. The van der Waals surface area contributed by atoms with Gasteiger partial charge in [-0.3, -0.25) is 9.52 Å². The van der Waals surface area contributed by atoms with Crippen LogP contribution in [0, 0.1) is 6.92 Å². The number of aryl methyl sites for hydroxylation is 1. The van der Waals surface area contributed by atoms with E-state index in [-0.39, 0.29) is 5.91 Å². The zero-order valence-corrected chi connectivity index (χ0v) is 14.2. The predicted molar refractivity (Wildman–Crippen MR) is 93.4 cm³/mol. The summed E-state index contributed by atoms with van der Waals surface area (Å²) in [5.41, 5.74) is 3.31. The molecule has 0 aliphatic carbocycles. The van der Waals surface area contributed by atoms with Gasteiger partial charge in [0, 0.05) is 11.3 Å². The van der Waals surface area contributed by atoms with Gasteiger partial charge in [0.05, 0.1) is 11.9 Å². The van der Waals surface area contributed by atoms with Crippen molar-refractivity contribution in [3.63, 3.8) is 0 Å². The number of carbonyl (C=O) groups excluding carboxylic acids is 1. The lowest BCUT2D eigenvalue weighted by Crippen LogP contribution is -2.16. The maximum absolute atomic E-state index is 12.4. The molecule has 2 aromatic carbocycles. The van der Waals surface area contributed by atoms with E-state index in [9.17, 15) is 13.2 Å². The zero-order chi connectivity index (χ0) is 17.0. The summed E-state index contributed by atoms with van der Waals surface area (Å²) in [7, 11) is -3.39. The Hall–Kier alpha value is -2.34. The number of benzene rings is 2. The van der Waals surface area contributed by atoms with Crippen LogP contribution >= 0.6 is 0 Å². The van der Waals surface area contributed by atoms with Gasteiger partial charge in [-0.05, 0) is 48.7 Å². The molecule has 0 atom stereocenters. The lowest BCUT2D eigenvalue weighted by molar-refractivity contribution is 0.102. The van der Waals surface area contributed by atoms with E-state index < -0.39 is 10.0 Å². The standard InChI is InChI=1S/C17H20N2O3S/c1-4-13-8-10-14(11-9-13)18-17(20)15-6-5-7-16(12(15)2)19-23(3,21)22/h5-11,19H,4H2,1-3H3,(H,18,20). The van der Waals surface area contributed by atoms with Gasteiger partial charge in [-0.1, -0.05) is 25.1 Å². The van der Waals surface area contributed by atoms with Gasteiger partial charge in [-0.15, -0.1) is 0 Å². The van der Waals surface area contributed by atoms with Gasteiger partial charge in [0.15, 0.2) is 0 Å². The maximum Gasteiger partial charge on any atom is 0.256 e. The molecule has 0 radical (unpaired) electrons. The molecule has 2 rings (SSSR count). The second-order valence-electron chi connectivity index (χ2n) is 5.36. The van der Waals surface area contributed by atoms with E-state index in [1.165, 1.54) is 5.56 Å². The molecule has 0 unspecified atom stereocenters. The van der Waals surface area contributed by atoms with Crippen molar-refractivity contribution in [2.75, 3.05) is 16.3 Å². The Bertz CT molecular complexity index is 812. The Balaban J connectivity index is 2.23. The molecule has 23 heavy (non-hydrogen) atoms. The summed E-state index contributed by atoms with van der Waals surface area (Å²) >= 11 is 0. The van der Waals surface area contributed by atoms with Crippen LogP contribution in [-0.2, 0) is 16.4 Å². The molecular weight excluding hydrogens is 312 g/mol. The van der Waals surface area contributed by atoms with Gasteiger partial charge in [0.2, 0.25) is 10.0 Å². The number of sulfonamides is 1. The molecule has 0 saturated heterocycles. The molecule has 0 saturated carbocycles. The molecule has 0 spiro atoms. The Morgan fingerprint density at radius 2 is 1.74 bits per heavy atom. The van der Waals surface area contributed by atoms with Crippen LogP contribution in [0.2, 0.25) is 0 Å². The van der Waals surface area contributed by atoms with Gasteiger partial charge in [0.1, 0.15) is 0 Å². The molecule has 0 aliphatic rings. The van der Waals surface area contributed by atoms with Crippen LogP contribution in [0.5, 0.6) is 0 Å². The highest BCUT2D eigenvalue weighted by Gasteiger charge is 2.13. The molecule has 0 heterocycles. The quantitative estimate of drug-likeness (QED) is 0.883. The fourth-order valence-electron chi connectivity index (χ4n) is 2.21. The third kappa shape index (κ3) is 4.56. The second kappa shape index (κ2) is 6.83. The molecule has 0 aliphatic heterocycles. The molecule has 0 bridgehead atoms.